The monoisotopic (exact) mass is 558 g/mol. The third-order valence-electron chi connectivity index (χ3n) is 6.82. The summed E-state index contributed by atoms with van der Waals surface area (Å²) in [6.07, 6.45) is 0. The highest BCUT2D eigenvalue weighted by Gasteiger charge is 2.51. The zero-order chi connectivity index (χ0) is 26.6. The fraction of sp³-hybridized carbons (Fsp3) is 0.200. The summed E-state index contributed by atoms with van der Waals surface area (Å²) in [6, 6.07) is 42.2. The molecule has 37 heavy (non-hydrogen) atoms. The fourth-order valence-electron chi connectivity index (χ4n) is 4.90. The molecular weight excluding hydrogens is 521 g/mol. The molecule has 0 aliphatic rings. The standard InChI is InChI=1S/C30H38O3Si4/c1-34(2,27-19-11-7-12-20-27)31-36(5,29-23-15-9-16-24-29)33-37(6,30-25-17-10-18-26-30)32-35(3,4)28-21-13-8-14-22-28/h7-26H,1-6H3. The molecule has 0 heterocycles. The molecule has 0 amide bonds. The maximum absolute atomic E-state index is 7.42. The van der Waals surface area contributed by atoms with E-state index in [1.165, 1.54) is 10.4 Å². The van der Waals surface area contributed by atoms with Crippen LogP contribution in [0.1, 0.15) is 0 Å². The van der Waals surface area contributed by atoms with Crippen molar-refractivity contribution in [2.24, 2.45) is 0 Å². The van der Waals surface area contributed by atoms with Crippen LogP contribution in [-0.4, -0.2) is 33.8 Å². The summed E-state index contributed by atoms with van der Waals surface area (Å²) >= 11 is 0. The van der Waals surface area contributed by atoms with E-state index in [-0.39, 0.29) is 0 Å². The summed E-state index contributed by atoms with van der Waals surface area (Å²) in [7, 11) is -10.5. The Morgan fingerprint density at radius 3 is 0.838 bits per heavy atom. The van der Waals surface area contributed by atoms with Gasteiger partial charge >= 0.3 is 17.1 Å². The predicted molar refractivity (Wildman–Crippen MR) is 166 cm³/mol. The molecule has 0 saturated carbocycles. The van der Waals surface area contributed by atoms with Crippen molar-refractivity contribution in [2.75, 3.05) is 0 Å². The van der Waals surface area contributed by atoms with Crippen LogP contribution < -0.4 is 20.7 Å². The zero-order valence-electron chi connectivity index (χ0n) is 22.8. The lowest BCUT2D eigenvalue weighted by molar-refractivity contribution is 0.346. The number of hydrogen-bond donors (Lipinski definition) is 0. The average molecular weight is 559 g/mol. The van der Waals surface area contributed by atoms with Gasteiger partial charge in [0.15, 0.2) is 0 Å². The van der Waals surface area contributed by atoms with Crippen molar-refractivity contribution in [2.45, 2.75) is 39.3 Å². The quantitative estimate of drug-likeness (QED) is 0.250. The van der Waals surface area contributed by atoms with Gasteiger partial charge in [-0.3, -0.25) is 0 Å². The molecule has 0 radical (unpaired) electrons. The van der Waals surface area contributed by atoms with Crippen molar-refractivity contribution in [3.05, 3.63) is 121 Å². The molecule has 4 rings (SSSR count). The second kappa shape index (κ2) is 11.2. The molecule has 4 aromatic carbocycles. The van der Waals surface area contributed by atoms with E-state index in [1.54, 1.807) is 0 Å². The molecule has 0 saturated heterocycles. The first kappa shape index (κ1) is 27.7. The highest BCUT2D eigenvalue weighted by Crippen LogP contribution is 2.25. The first-order valence-corrected chi connectivity index (χ1v) is 23.3. The molecular formula is C30H38O3Si4. The summed E-state index contributed by atoms with van der Waals surface area (Å²) in [5, 5.41) is 4.78. The van der Waals surface area contributed by atoms with Gasteiger partial charge in [0.05, 0.1) is 0 Å². The van der Waals surface area contributed by atoms with Gasteiger partial charge in [-0.25, -0.2) is 0 Å². The minimum atomic E-state index is -2.94. The van der Waals surface area contributed by atoms with Gasteiger partial charge < -0.3 is 12.3 Å². The molecule has 4 aromatic rings. The molecule has 0 bridgehead atoms. The van der Waals surface area contributed by atoms with Crippen LogP contribution in [0.3, 0.4) is 0 Å². The Bertz CT molecular complexity index is 1170. The maximum atomic E-state index is 7.42. The minimum absolute atomic E-state index is 1.13. The number of benzene rings is 4. The molecule has 0 fully saturated rings. The van der Waals surface area contributed by atoms with E-state index in [0.717, 1.165) is 10.4 Å². The van der Waals surface area contributed by atoms with Crippen LogP contribution in [0.5, 0.6) is 0 Å². The third kappa shape index (κ3) is 6.56. The lowest BCUT2D eigenvalue weighted by Crippen LogP contribution is -2.70. The van der Waals surface area contributed by atoms with Gasteiger partial charge in [0.25, 0.3) is 0 Å². The normalized spacial score (nSPS) is 15.5. The van der Waals surface area contributed by atoms with Crippen molar-refractivity contribution >= 4 is 54.5 Å². The van der Waals surface area contributed by atoms with Gasteiger partial charge in [0.1, 0.15) is 0 Å². The molecule has 2 unspecified atom stereocenters. The largest absolute Gasteiger partial charge is 0.429 e. The van der Waals surface area contributed by atoms with E-state index in [1.807, 2.05) is 12.1 Å². The molecule has 192 valence electrons. The molecule has 0 aromatic heterocycles. The summed E-state index contributed by atoms with van der Waals surface area (Å²) in [5.74, 6) is 0. The van der Waals surface area contributed by atoms with Crippen molar-refractivity contribution in [3.8, 4) is 0 Å². The Hall–Kier alpha value is -2.37. The molecule has 0 aliphatic heterocycles. The van der Waals surface area contributed by atoms with Crippen molar-refractivity contribution in [1.82, 2.24) is 0 Å². The maximum Gasteiger partial charge on any atom is 0.350 e. The topological polar surface area (TPSA) is 27.7 Å². The smallest absolute Gasteiger partial charge is 0.350 e. The fourth-order valence-corrected chi connectivity index (χ4v) is 23.2. The number of rotatable bonds is 10. The Labute approximate surface area is 226 Å². The van der Waals surface area contributed by atoms with Crippen molar-refractivity contribution in [3.63, 3.8) is 0 Å². The highest BCUT2D eigenvalue weighted by atomic mass is 28.5. The second-order valence-electron chi connectivity index (χ2n) is 10.7. The Morgan fingerprint density at radius 2 is 0.568 bits per heavy atom. The van der Waals surface area contributed by atoms with Gasteiger partial charge in [-0.05, 0) is 60.0 Å². The predicted octanol–water partition coefficient (Wildman–Crippen LogP) is 5.22. The SMILES string of the molecule is C[Si](C)(O[Si](C)(O[Si](C)(O[Si](C)(C)c1ccccc1)c1ccccc1)c1ccccc1)c1ccccc1. The van der Waals surface area contributed by atoms with E-state index in [2.05, 4.69) is 148 Å². The molecule has 0 aliphatic carbocycles. The van der Waals surface area contributed by atoms with Crippen molar-refractivity contribution in [1.29, 1.82) is 0 Å². The van der Waals surface area contributed by atoms with Crippen LogP contribution in [0.4, 0.5) is 0 Å². The molecule has 0 N–H and O–H groups in total. The first-order chi connectivity index (χ1) is 17.5. The third-order valence-corrected chi connectivity index (χ3v) is 23.4. The summed E-state index contributed by atoms with van der Waals surface area (Å²) in [5.41, 5.74) is 0. The Balaban J connectivity index is 1.80. The van der Waals surface area contributed by atoms with Crippen LogP contribution in [-0.2, 0) is 12.3 Å². The summed E-state index contributed by atoms with van der Waals surface area (Å²) in [6.45, 7) is 13.5. The van der Waals surface area contributed by atoms with Gasteiger partial charge in [0, 0.05) is 0 Å². The average Bonchev–Trinajstić information content (AvgIpc) is 2.90. The van der Waals surface area contributed by atoms with Gasteiger partial charge in [0.2, 0.25) is 16.6 Å². The van der Waals surface area contributed by atoms with E-state index >= 15 is 0 Å². The van der Waals surface area contributed by atoms with Crippen LogP contribution >= 0.6 is 0 Å². The molecule has 3 nitrogen and oxygen atoms in total. The molecule has 7 heteroatoms. The Morgan fingerprint density at radius 1 is 0.324 bits per heavy atom. The van der Waals surface area contributed by atoms with E-state index in [0.29, 0.717) is 0 Å². The van der Waals surface area contributed by atoms with Gasteiger partial charge in [-0.2, -0.15) is 0 Å². The molecule has 0 spiro atoms. The van der Waals surface area contributed by atoms with E-state index < -0.39 is 33.8 Å². The first-order valence-electron chi connectivity index (χ1n) is 12.9. The van der Waals surface area contributed by atoms with E-state index in [9.17, 15) is 0 Å². The minimum Gasteiger partial charge on any atom is -0.429 e. The van der Waals surface area contributed by atoms with Crippen LogP contribution in [0, 0.1) is 0 Å². The second-order valence-corrected chi connectivity index (χ2v) is 25.3. The molecule has 2 atom stereocenters. The number of hydrogen-bond acceptors (Lipinski definition) is 3. The zero-order valence-corrected chi connectivity index (χ0v) is 26.8. The lowest BCUT2D eigenvalue weighted by Gasteiger charge is -2.44. The van der Waals surface area contributed by atoms with Gasteiger partial charge in [-0.1, -0.05) is 121 Å². The van der Waals surface area contributed by atoms with Crippen molar-refractivity contribution < 1.29 is 12.3 Å². The van der Waals surface area contributed by atoms with E-state index in [4.69, 9.17) is 12.3 Å². The van der Waals surface area contributed by atoms with Crippen LogP contribution in [0.15, 0.2) is 121 Å². The lowest BCUT2D eigenvalue weighted by atomic mass is 10.4. The highest BCUT2D eigenvalue weighted by molar-refractivity contribution is 7.02. The summed E-state index contributed by atoms with van der Waals surface area (Å²) in [4.78, 5) is 0. The van der Waals surface area contributed by atoms with Gasteiger partial charge in [-0.15, -0.1) is 0 Å². The van der Waals surface area contributed by atoms with Crippen LogP contribution in [0.2, 0.25) is 39.3 Å². The Kier molecular flexibility index (Phi) is 8.34. The summed E-state index contributed by atoms with van der Waals surface area (Å²) < 4.78 is 21.9. The van der Waals surface area contributed by atoms with Crippen LogP contribution in [0.25, 0.3) is 0 Å².